The van der Waals surface area contributed by atoms with Crippen molar-refractivity contribution in [2.45, 2.75) is 31.1 Å². The summed E-state index contributed by atoms with van der Waals surface area (Å²) in [6.45, 7) is 1.69. The number of amides is 2. The van der Waals surface area contributed by atoms with Crippen LogP contribution in [0.4, 0.5) is 4.79 Å². The molecule has 2 aromatic rings. The second-order valence-electron chi connectivity index (χ2n) is 7.77. The van der Waals surface area contributed by atoms with E-state index < -0.39 is 15.1 Å². The maximum Gasteiger partial charge on any atom is 0.317 e. The van der Waals surface area contributed by atoms with Crippen molar-refractivity contribution in [3.63, 3.8) is 0 Å². The molecule has 0 radical (unpaired) electrons. The summed E-state index contributed by atoms with van der Waals surface area (Å²) >= 11 is 12.4. The van der Waals surface area contributed by atoms with Crippen molar-refractivity contribution < 1.29 is 13.2 Å². The Bertz CT molecular complexity index is 975. The van der Waals surface area contributed by atoms with Crippen molar-refractivity contribution >= 4 is 39.1 Å². The molecule has 2 aromatic carbocycles. The standard InChI is InChI=1S/C22H26Cl2N2O3S/c1-30(28,29)20(18-8-5-9-19(23)21(18)24)14-16-10-12-26(13-11-16)22(27)25-15-17-6-3-2-4-7-17/h2-9,16,20H,10-15H2,1H3,(H,25,27). The Balaban J connectivity index is 1.58. The van der Waals surface area contributed by atoms with Crippen molar-refractivity contribution in [3.05, 3.63) is 69.7 Å². The first-order valence-corrected chi connectivity index (χ1v) is 12.7. The molecule has 8 heteroatoms. The van der Waals surface area contributed by atoms with Gasteiger partial charge < -0.3 is 10.2 Å². The molecule has 3 rings (SSSR count). The molecule has 1 aliphatic rings. The van der Waals surface area contributed by atoms with E-state index in [4.69, 9.17) is 23.2 Å². The number of carbonyl (C=O) groups is 1. The van der Waals surface area contributed by atoms with Gasteiger partial charge in [-0.25, -0.2) is 13.2 Å². The second kappa shape index (κ2) is 10.0. The first-order valence-electron chi connectivity index (χ1n) is 9.95. The van der Waals surface area contributed by atoms with Crippen molar-refractivity contribution in [1.29, 1.82) is 0 Å². The number of hydrogen-bond acceptors (Lipinski definition) is 3. The largest absolute Gasteiger partial charge is 0.334 e. The van der Waals surface area contributed by atoms with Gasteiger partial charge in [0.05, 0.1) is 15.3 Å². The van der Waals surface area contributed by atoms with Crippen LogP contribution in [0.3, 0.4) is 0 Å². The van der Waals surface area contributed by atoms with E-state index in [9.17, 15) is 13.2 Å². The van der Waals surface area contributed by atoms with Crippen LogP contribution in [-0.2, 0) is 16.4 Å². The molecule has 2 amide bonds. The van der Waals surface area contributed by atoms with Crippen molar-refractivity contribution in [2.24, 2.45) is 5.92 Å². The van der Waals surface area contributed by atoms with Crippen LogP contribution in [0.1, 0.15) is 35.6 Å². The van der Waals surface area contributed by atoms with Gasteiger partial charge in [-0.1, -0.05) is 65.7 Å². The summed E-state index contributed by atoms with van der Waals surface area (Å²) in [5.74, 6) is 0.193. The first kappa shape index (κ1) is 22.9. The maximum atomic E-state index is 12.5. The third-order valence-corrected chi connectivity index (χ3v) is 7.89. The molecule has 1 aliphatic heterocycles. The van der Waals surface area contributed by atoms with Gasteiger partial charge in [-0.05, 0) is 42.4 Å². The molecule has 0 spiro atoms. The van der Waals surface area contributed by atoms with Gasteiger partial charge in [0.2, 0.25) is 0 Å². The van der Waals surface area contributed by atoms with Gasteiger partial charge in [0.15, 0.2) is 9.84 Å². The van der Waals surface area contributed by atoms with Crippen LogP contribution in [0.2, 0.25) is 10.0 Å². The monoisotopic (exact) mass is 468 g/mol. The minimum atomic E-state index is -3.36. The fraction of sp³-hybridized carbons (Fsp3) is 0.409. The van der Waals surface area contributed by atoms with Gasteiger partial charge in [-0.3, -0.25) is 0 Å². The van der Waals surface area contributed by atoms with Crippen LogP contribution in [0.5, 0.6) is 0 Å². The molecule has 0 aliphatic carbocycles. The van der Waals surface area contributed by atoms with Gasteiger partial charge in [-0.15, -0.1) is 0 Å². The van der Waals surface area contributed by atoms with Crippen LogP contribution in [0.25, 0.3) is 0 Å². The highest BCUT2D eigenvalue weighted by atomic mass is 35.5. The zero-order valence-electron chi connectivity index (χ0n) is 16.9. The van der Waals surface area contributed by atoms with Crippen molar-refractivity contribution in [3.8, 4) is 0 Å². The Morgan fingerprint density at radius 3 is 2.40 bits per heavy atom. The topological polar surface area (TPSA) is 66.5 Å². The van der Waals surface area contributed by atoms with E-state index in [1.807, 2.05) is 30.3 Å². The number of nitrogens with one attached hydrogen (secondary N) is 1. The molecule has 1 atom stereocenters. The predicted molar refractivity (Wildman–Crippen MR) is 122 cm³/mol. The molecular formula is C22H26Cl2N2O3S. The third-order valence-electron chi connectivity index (χ3n) is 5.58. The number of likely N-dealkylation sites (tertiary alicyclic amines) is 1. The van der Waals surface area contributed by atoms with Gasteiger partial charge in [-0.2, -0.15) is 0 Å². The van der Waals surface area contributed by atoms with Crippen LogP contribution in [0, 0.1) is 5.92 Å². The van der Waals surface area contributed by atoms with Crippen LogP contribution in [-0.4, -0.2) is 38.7 Å². The van der Waals surface area contributed by atoms with E-state index in [0.717, 1.165) is 18.4 Å². The Morgan fingerprint density at radius 1 is 1.10 bits per heavy atom. The lowest BCUT2D eigenvalue weighted by Gasteiger charge is -2.33. The summed E-state index contributed by atoms with van der Waals surface area (Å²) in [5, 5.41) is 2.90. The molecule has 0 aromatic heterocycles. The van der Waals surface area contributed by atoms with E-state index in [2.05, 4.69) is 5.32 Å². The zero-order valence-corrected chi connectivity index (χ0v) is 19.2. The summed E-state index contributed by atoms with van der Waals surface area (Å²) in [6, 6.07) is 14.8. The number of carbonyl (C=O) groups excluding carboxylic acids is 1. The Hall–Kier alpha value is -1.76. The van der Waals surface area contributed by atoms with E-state index in [1.54, 1.807) is 23.1 Å². The molecule has 162 valence electrons. The molecular weight excluding hydrogens is 443 g/mol. The normalized spacial score (nSPS) is 16.3. The minimum Gasteiger partial charge on any atom is -0.334 e. The molecule has 0 bridgehead atoms. The number of sulfone groups is 1. The van der Waals surface area contributed by atoms with Gasteiger partial charge in [0, 0.05) is 25.9 Å². The van der Waals surface area contributed by atoms with Crippen molar-refractivity contribution in [1.82, 2.24) is 10.2 Å². The average Bonchev–Trinajstić information content (AvgIpc) is 2.73. The van der Waals surface area contributed by atoms with Gasteiger partial charge in [0.25, 0.3) is 0 Å². The molecule has 1 fully saturated rings. The van der Waals surface area contributed by atoms with E-state index in [1.165, 1.54) is 6.26 Å². The average molecular weight is 469 g/mol. The predicted octanol–water partition coefficient (Wildman–Crippen LogP) is 5.09. The second-order valence-corrected chi connectivity index (χ2v) is 10.8. The number of benzene rings is 2. The van der Waals surface area contributed by atoms with Crippen LogP contribution >= 0.6 is 23.2 Å². The maximum absolute atomic E-state index is 12.5. The summed E-state index contributed by atoms with van der Waals surface area (Å²) < 4.78 is 25.0. The van der Waals surface area contributed by atoms with E-state index >= 15 is 0 Å². The number of hydrogen-bond donors (Lipinski definition) is 1. The molecule has 1 heterocycles. The highest BCUT2D eigenvalue weighted by Gasteiger charge is 2.31. The highest BCUT2D eigenvalue weighted by Crippen LogP contribution is 2.39. The highest BCUT2D eigenvalue weighted by molar-refractivity contribution is 7.90. The fourth-order valence-electron chi connectivity index (χ4n) is 3.86. The SMILES string of the molecule is CS(=O)(=O)C(CC1CCN(C(=O)NCc2ccccc2)CC1)c1cccc(Cl)c1Cl. The molecule has 5 nitrogen and oxygen atoms in total. The van der Waals surface area contributed by atoms with E-state index in [0.29, 0.717) is 41.7 Å². The Morgan fingerprint density at radius 2 is 1.77 bits per heavy atom. The lowest BCUT2D eigenvalue weighted by atomic mass is 9.90. The summed E-state index contributed by atoms with van der Waals surface area (Å²) in [7, 11) is -3.36. The molecule has 1 unspecified atom stereocenters. The number of urea groups is 1. The summed E-state index contributed by atoms with van der Waals surface area (Å²) in [5.41, 5.74) is 1.60. The molecule has 0 saturated carbocycles. The van der Waals surface area contributed by atoms with Crippen molar-refractivity contribution in [2.75, 3.05) is 19.3 Å². The van der Waals surface area contributed by atoms with Crippen LogP contribution < -0.4 is 5.32 Å². The minimum absolute atomic E-state index is 0.0881. The Labute approximate surface area is 188 Å². The number of rotatable bonds is 6. The number of piperidine rings is 1. The van der Waals surface area contributed by atoms with Gasteiger partial charge in [0.1, 0.15) is 0 Å². The third kappa shape index (κ3) is 5.90. The summed E-state index contributed by atoms with van der Waals surface area (Å²) in [6.07, 6.45) is 3.21. The lowest BCUT2D eigenvalue weighted by Crippen LogP contribution is -2.44. The number of halogens is 2. The molecule has 1 N–H and O–H groups in total. The van der Waals surface area contributed by atoms with Crippen LogP contribution in [0.15, 0.2) is 48.5 Å². The first-order chi connectivity index (χ1) is 14.3. The lowest BCUT2D eigenvalue weighted by molar-refractivity contribution is 0.167. The summed E-state index contributed by atoms with van der Waals surface area (Å²) in [4.78, 5) is 14.2. The molecule has 1 saturated heterocycles. The van der Waals surface area contributed by atoms with Gasteiger partial charge >= 0.3 is 6.03 Å². The quantitative estimate of drug-likeness (QED) is 0.641. The molecule has 30 heavy (non-hydrogen) atoms. The smallest absolute Gasteiger partial charge is 0.317 e. The fourth-order valence-corrected chi connectivity index (χ4v) is 5.65. The number of nitrogens with zero attached hydrogens (tertiary/aromatic N) is 1. The zero-order chi connectivity index (χ0) is 21.7. The van der Waals surface area contributed by atoms with E-state index in [-0.39, 0.29) is 11.9 Å². The Kier molecular flexibility index (Phi) is 7.66.